The Bertz CT molecular complexity index is 671. The van der Waals surface area contributed by atoms with Crippen molar-refractivity contribution >= 4 is 17.6 Å². The van der Waals surface area contributed by atoms with Crippen LogP contribution in [0.15, 0.2) is 12.1 Å². The number of carbonyl (C=O) groups is 2. The maximum absolute atomic E-state index is 12.6. The molecule has 2 aliphatic heterocycles. The molecule has 3 rings (SSSR count). The Balaban J connectivity index is 1.70. The second-order valence-corrected chi connectivity index (χ2v) is 7.40. The van der Waals surface area contributed by atoms with Crippen molar-refractivity contribution in [3.8, 4) is 0 Å². The van der Waals surface area contributed by atoms with Gasteiger partial charge in [0.15, 0.2) is 6.61 Å². The Morgan fingerprint density at radius 2 is 2.04 bits per heavy atom. The number of aryl methyl sites for hydroxylation is 1. The smallest absolute Gasteiger partial charge is 0.340 e. The van der Waals surface area contributed by atoms with Crippen LogP contribution in [0.1, 0.15) is 66.9 Å². The highest BCUT2D eigenvalue weighted by Gasteiger charge is 2.26. The fraction of sp³-hybridized carbons (Fsp3) is 0.600. The molecule has 2 atom stereocenters. The van der Waals surface area contributed by atoms with E-state index in [0.717, 1.165) is 55.6 Å². The summed E-state index contributed by atoms with van der Waals surface area (Å²) in [6.45, 7) is 7.65. The summed E-state index contributed by atoms with van der Waals surface area (Å²) in [7, 11) is 0. The number of rotatable bonds is 3. The SMILES string of the molecule is Cc1cc(C(=O)OCC(=O)N2CCCC[C@@H]2C)c2c(c1)[C@H](C)CCN2. The number of anilines is 1. The van der Waals surface area contributed by atoms with E-state index in [9.17, 15) is 9.59 Å². The molecule has 5 nitrogen and oxygen atoms in total. The minimum Gasteiger partial charge on any atom is -0.452 e. The van der Waals surface area contributed by atoms with Crippen LogP contribution in [0.4, 0.5) is 5.69 Å². The van der Waals surface area contributed by atoms with Crippen molar-refractivity contribution < 1.29 is 14.3 Å². The molecular formula is C20H28N2O3. The topological polar surface area (TPSA) is 58.6 Å². The van der Waals surface area contributed by atoms with Crippen molar-refractivity contribution in [1.29, 1.82) is 0 Å². The van der Waals surface area contributed by atoms with Gasteiger partial charge in [0.25, 0.3) is 5.91 Å². The molecule has 1 amide bonds. The van der Waals surface area contributed by atoms with Crippen molar-refractivity contribution in [1.82, 2.24) is 4.90 Å². The summed E-state index contributed by atoms with van der Waals surface area (Å²) in [4.78, 5) is 26.8. The predicted octanol–water partition coefficient (Wildman–Crippen LogP) is 3.47. The van der Waals surface area contributed by atoms with Gasteiger partial charge in [0.2, 0.25) is 0 Å². The molecule has 1 aromatic rings. The normalized spacial score (nSPS) is 22.8. The zero-order chi connectivity index (χ0) is 18.0. The summed E-state index contributed by atoms with van der Waals surface area (Å²) < 4.78 is 5.38. The second kappa shape index (κ2) is 7.46. The molecule has 0 aromatic heterocycles. The first kappa shape index (κ1) is 17.8. The monoisotopic (exact) mass is 344 g/mol. The maximum atomic E-state index is 12.6. The number of amides is 1. The number of likely N-dealkylation sites (tertiary alicyclic amines) is 1. The van der Waals surface area contributed by atoms with Crippen LogP contribution in [-0.4, -0.2) is 42.5 Å². The number of benzene rings is 1. The molecule has 1 fully saturated rings. The van der Waals surface area contributed by atoms with E-state index in [-0.39, 0.29) is 18.6 Å². The molecule has 0 bridgehead atoms. The fourth-order valence-corrected chi connectivity index (χ4v) is 3.89. The van der Waals surface area contributed by atoms with Gasteiger partial charge in [-0.1, -0.05) is 13.0 Å². The summed E-state index contributed by atoms with van der Waals surface area (Å²) >= 11 is 0. The van der Waals surface area contributed by atoms with Crippen molar-refractivity contribution in [3.05, 3.63) is 28.8 Å². The molecule has 25 heavy (non-hydrogen) atoms. The standard InChI is InChI=1S/C20H28N2O3/c1-13-10-16-14(2)7-8-21-19(16)17(11-13)20(24)25-12-18(23)22-9-5-4-6-15(22)3/h10-11,14-15,21H,4-9,12H2,1-3H3/t14-,15+/m1/s1. The first-order valence-electron chi connectivity index (χ1n) is 9.32. The zero-order valence-electron chi connectivity index (χ0n) is 15.4. The van der Waals surface area contributed by atoms with Crippen molar-refractivity contribution in [2.75, 3.05) is 25.0 Å². The van der Waals surface area contributed by atoms with E-state index in [1.54, 1.807) is 0 Å². The molecule has 1 aromatic carbocycles. The van der Waals surface area contributed by atoms with Crippen LogP contribution < -0.4 is 5.32 Å². The van der Waals surface area contributed by atoms with Gasteiger partial charge in [-0.3, -0.25) is 4.79 Å². The first-order chi connectivity index (χ1) is 12.0. The number of nitrogens with one attached hydrogen (secondary N) is 1. The minimum absolute atomic E-state index is 0.0941. The molecule has 1 N–H and O–H groups in total. The number of hydrogen-bond donors (Lipinski definition) is 1. The quantitative estimate of drug-likeness (QED) is 0.853. The van der Waals surface area contributed by atoms with E-state index in [1.165, 1.54) is 0 Å². The summed E-state index contributed by atoms with van der Waals surface area (Å²) in [5.41, 5.74) is 3.61. The molecule has 2 heterocycles. The van der Waals surface area contributed by atoms with E-state index in [1.807, 2.05) is 17.9 Å². The summed E-state index contributed by atoms with van der Waals surface area (Å²) in [5.74, 6) is -0.0958. The number of carbonyl (C=O) groups excluding carboxylic acids is 2. The predicted molar refractivity (Wildman–Crippen MR) is 98.0 cm³/mol. The largest absolute Gasteiger partial charge is 0.452 e. The average Bonchev–Trinajstić information content (AvgIpc) is 2.60. The number of fused-ring (bicyclic) bond motifs is 1. The van der Waals surface area contributed by atoms with Crippen LogP contribution in [0.25, 0.3) is 0 Å². The third-order valence-corrected chi connectivity index (χ3v) is 5.39. The Kier molecular flexibility index (Phi) is 5.30. The van der Waals surface area contributed by atoms with E-state index in [0.29, 0.717) is 11.5 Å². The van der Waals surface area contributed by atoms with Crippen LogP contribution in [0, 0.1) is 6.92 Å². The lowest BCUT2D eigenvalue weighted by Crippen LogP contribution is -2.44. The van der Waals surface area contributed by atoms with Gasteiger partial charge < -0.3 is 15.0 Å². The molecule has 0 spiro atoms. The van der Waals surface area contributed by atoms with Gasteiger partial charge in [-0.2, -0.15) is 0 Å². The van der Waals surface area contributed by atoms with E-state index >= 15 is 0 Å². The summed E-state index contributed by atoms with van der Waals surface area (Å²) in [6.07, 6.45) is 4.25. The van der Waals surface area contributed by atoms with Gasteiger partial charge in [0.05, 0.1) is 11.3 Å². The van der Waals surface area contributed by atoms with Crippen LogP contribution in [-0.2, 0) is 9.53 Å². The second-order valence-electron chi connectivity index (χ2n) is 7.40. The highest BCUT2D eigenvalue weighted by Crippen LogP contribution is 2.35. The molecular weight excluding hydrogens is 316 g/mol. The highest BCUT2D eigenvalue weighted by molar-refractivity contribution is 5.98. The first-order valence-corrected chi connectivity index (χ1v) is 9.32. The van der Waals surface area contributed by atoms with Crippen molar-refractivity contribution in [2.45, 2.75) is 58.4 Å². The molecule has 0 unspecified atom stereocenters. The minimum atomic E-state index is -0.417. The van der Waals surface area contributed by atoms with E-state index < -0.39 is 5.97 Å². The number of nitrogens with zero attached hydrogens (tertiary/aromatic N) is 1. The van der Waals surface area contributed by atoms with Gasteiger partial charge in [-0.25, -0.2) is 4.79 Å². The number of ether oxygens (including phenoxy) is 1. The maximum Gasteiger partial charge on any atom is 0.340 e. The Labute approximate surface area is 149 Å². The van der Waals surface area contributed by atoms with Gasteiger partial charge in [-0.15, -0.1) is 0 Å². The van der Waals surface area contributed by atoms with Crippen LogP contribution in [0.3, 0.4) is 0 Å². The van der Waals surface area contributed by atoms with Crippen molar-refractivity contribution in [3.63, 3.8) is 0 Å². The van der Waals surface area contributed by atoms with E-state index in [4.69, 9.17) is 4.74 Å². The lowest BCUT2D eigenvalue weighted by atomic mass is 9.89. The van der Waals surface area contributed by atoms with Crippen molar-refractivity contribution in [2.24, 2.45) is 0 Å². The summed E-state index contributed by atoms with van der Waals surface area (Å²) in [5, 5.41) is 3.33. The molecule has 0 radical (unpaired) electrons. The van der Waals surface area contributed by atoms with Crippen LogP contribution >= 0.6 is 0 Å². The third-order valence-electron chi connectivity index (χ3n) is 5.39. The molecule has 1 saturated heterocycles. The third kappa shape index (κ3) is 3.80. The van der Waals surface area contributed by atoms with Gasteiger partial charge >= 0.3 is 5.97 Å². The zero-order valence-corrected chi connectivity index (χ0v) is 15.4. The summed E-state index contributed by atoms with van der Waals surface area (Å²) in [6, 6.07) is 4.21. The number of piperidine rings is 1. The fourth-order valence-electron chi connectivity index (χ4n) is 3.89. The molecule has 136 valence electrons. The molecule has 5 heteroatoms. The lowest BCUT2D eigenvalue weighted by Gasteiger charge is -2.33. The van der Waals surface area contributed by atoms with Crippen LogP contribution in [0.2, 0.25) is 0 Å². The highest BCUT2D eigenvalue weighted by atomic mass is 16.5. The Morgan fingerprint density at radius 3 is 2.80 bits per heavy atom. The Hall–Kier alpha value is -2.04. The average molecular weight is 344 g/mol. The Morgan fingerprint density at radius 1 is 1.24 bits per heavy atom. The number of esters is 1. The van der Waals surface area contributed by atoms with Gasteiger partial charge in [0.1, 0.15) is 0 Å². The van der Waals surface area contributed by atoms with E-state index in [2.05, 4.69) is 25.2 Å². The van der Waals surface area contributed by atoms with Crippen LogP contribution in [0.5, 0.6) is 0 Å². The molecule has 2 aliphatic rings. The number of hydrogen-bond acceptors (Lipinski definition) is 4. The molecule has 0 aliphatic carbocycles. The van der Waals surface area contributed by atoms with Gasteiger partial charge in [-0.05, 0) is 62.6 Å². The lowest BCUT2D eigenvalue weighted by molar-refractivity contribution is -0.137. The molecule has 0 saturated carbocycles. The van der Waals surface area contributed by atoms with Gasteiger partial charge in [0, 0.05) is 19.1 Å².